The van der Waals surface area contributed by atoms with Gasteiger partial charge in [-0.1, -0.05) is 13.8 Å². The van der Waals surface area contributed by atoms with Crippen molar-refractivity contribution in [3.05, 3.63) is 65.7 Å². The Bertz CT molecular complexity index is 964. The summed E-state index contributed by atoms with van der Waals surface area (Å²) in [5.41, 5.74) is 13.9. The third-order valence-electron chi connectivity index (χ3n) is 5.24. The molecule has 2 nitrogen and oxygen atoms in total. The molecule has 0 fully saturated rings. The molecule has 0 amide bonds. The topological polar surface area (TPSA) is 29.3 Å². The van der Waals surface area contributed by atoms with Gasteiger partial charge in [0.1, 0.15) is 0 Å². The Labute approximate surface area is 179 Å². The monoisotopic (exact) mass is 454 g/mol. The van der Waals surface area contributed by atoms with E-state index in [0.29, 0.717) is 0 Å². The summed E-state index contributed by atoms with van der Waals surface area (Å²) in [6.45, 7) is 4.00. The van der Waals surface area contributed by atoms with Gasteiger partial charge in [-0.05, 0) is 0 Å². The van der Waals surface area contributed by atoms with E-state index in [2.05, 4.69) is 66.1 Å². The predicted molar refractivity (Wildman–Crippen MR) is 126 cm³/mol. The van der Waals surface area contributed by atoms with Crippen LogP contribution >= 0.6 is 12.6 Å². The summed E-state index contributed by atoms with van der Waals surface area (Å²) in [6.07, 6.45) is 4.93. The molecule has 0 radical (unpaired) electrons. The fraction of sp³-hybridized carbons (Fsp3) is 0.250. The Morgan fingerprint density at radius 3 is 2.39 bits per heavy atom. The van der Waals surface area contributed by atoms with Crippen LogP contribution in [0.2, 0.25) is 0 Å². The van der Waals surface area contributed by atoms with Gasteiger partial charge in [-0.2, -0.15) is 0 Å². The van der Waals surface area contributed by atoms with Crippen molar-refractivity contribution in [2.45, 2.75) is 44.4 Å². The first-order valence-electron chi connectivity index (χ1n) is 10.0. The van der Waals surface area contributed by atoms with Crippen LogP contribution in [0.15, 0.2) is 59.5 Å². The predicted octanol–water partition coefficient (Wildman–Crippen LogP) is 4.90. The second-order valence-corrected chi connectivity index (χ2v) is 9.73. The summed E-state index contributed by atoms with van der Waals surface area (Å²) in [5, 5.41) is 0. The average molecular weight is 454 g/mol. The number of fused-ring (bicyclic) bond motifs is 3. The Morgan fingerprint density at radius 1 is 0.857 bits per heavy atom. The van der Waals surface area contributed by atoms with Crippen LogP contribution in [-0.4, -0.2) is 15.0 Å². The summed E-state index contributed by atoms with van der Waals surface area (Å²) >= 11 is 4.81. The second kappa shape index (κ2) is 8.24. The molecule has 1 heterocycles. The maximum atomic E-state index is 6.10. The Morgan fingerprint density at radius 2 is 1.57 bits per heavy atom. The number of aryl methyl sites for hydroxylation is 1. The van der Waals surface area contributed by atoms with Crippen molar-refractivity contribution in [3.63, 3.8) is 0 Å². The minimum atomic E-state index is 0.240. The molecule has 5 rings (SSSR count). The van der Waals surface area contributed by atoms with Crippen LogP contribution in [0.3, 0.4) is 0 Å². The van der Waals surface area contributed by atoms with Gasteiger partial charge in [0.15, 0.2) is 0 Å². The first-order chi connectivity index (χ1) is 13.7. The van der Waals surface area contributed by atoms with E-state index in [1.807, 2.05) is 19.9 Å². The van der Waals surface area contributed by atoms with Crippen LogP contribution < -0.4 is 19.6 Å². The maximum absolute atomic E-state index is 6.10. The zero-order valence-corrected chi connectivity index (χ0v) is 19.0. The first-order valence-corrected chi connectivity index (χ1v) is 12.2. The number of thiol groups is 1. The van der Waals surface area contributed by atoms with Crippen LogP contribution in [0.1, 0.15) is 37.8 Å². The molecule has 0 aromatic heterocycles. The van der Waals surface area contributed by atoms with Gasteiger partial charge in [0.05, 0.1) is 0 Å². The van der Waals surface area contributed by atoms with Gasteiger partial charge in [0.2, 0.25) is 0 Å². The quantitative estimate of drug-likeness (QED) is 0.244. The van der Waals surface area contributed by atoms with E-state index in [0.717, 1.165) is 17.0 Å². The number of benzene rings is 3. The summed E-state index contributed by atoms with van der Waals surface area (Å²) in [6, 6.07) is 19.7. The number of hydrogen-bond donors (Lipinski definition) is 2. The molecule has 144 valence electrons. The van der Waals surface area contributed by atoms with Gasteiger partial charge in [0, 0.05) is 0 Å². The van der Waals surface area contributed by atoms with Crippen molar-refractivity contribution in [1.82, 2.24) is 0 Å². The number of nitrogens with zero attached hydrogens (tertiary/aromatic N) is 1. The van der Waals surface area contributed by atoms with Gasteiger partial charge in [-0.15, -0.1) is 0 Å². The molecule has 2 aliphatic rings. The van der Waals surface area contributed by atoms with Crippen LogP contribution in [-0.2, 0) is 12.8 Å². The molecule has 0 unspecified atom stereocenters. The number of nitrogen functional groups attached to an aromatic ring is 1. The number of nitrogens with two attached hydrogens (primary N) is 1. The third kappa shape index (κ3) is 3.45. The van der Waals surface area contributed by atoms with Crippen LogP contribution in [0, 0.1) is 0 Å². The third-order valence-corrected chi connectivity index (χ3v) is 7.81. The molecule has 1 aliphatic heterocycles. The van der Waals surface area contributed by atoms with E-state index in [-0.39, 0.29) is 15.0 Å². The van der Waals surface area contributed by atoms with E-state index in [4.69, 9.17) is 5.73 Å². The fourth-order valence-electron chi connectivity index (χ4n) is 4.04. The van der Waals surface area contributed by atoms with E-state index < -0.39 is 0 Å². The Balaban J connectivity index is 0.000000932. The Kier molecular flexibility index (Phi) is 5.73. The zero-order valence-electron chi connectivity index (χ0n) is 16.4. The first kappa shape index (κ1) is 19.4. The van der Waals surface area contributed by atoms with Gasteiger partial charge in [-0.3, -0.25) is 0 Å². The molecule has 28 heavy (non-hydrogen) atoms. The average Bonchev–Trinajstić information content (AvgIpc) is 2.73. The van der Waals surface area contributed by atoms with Crippen molar-refractivity contribution in [3.8, 4) is 0 Å². The molecule has 3 aromatic carbocycles. The number of rotatable bonds is 1. The summed E-state index contributed by atoms with van der Waals surface area (Å²) in [5.74, 6) is 0. The molecule has 0 atom stereocenters. The summed E-state index contributed by atoms with van der Waals surface area (Å²) < 4.78 is 2.72. The van der Waals surface area contributed by atoms with E-state index in [1.165, 1.54) is 56.4 Å². The normalized spacial score (nSPS) is 14.3. The number of anilines is 4. The van der Waals surface area contributed by atoms with Crippen LogP contribution in [0.4, 0.5) is 22.7 Å². The summed E-state index contributed by atoms with van der Waals surface area (Å²) in [4.78, 5) is 3.47. The van der Waals surface area contributed by atoms with Gasteiger partial charge >= 0.3 is 166 Å². The van der Waals surface area contributed by atoms with Crippen molar-refractivity contribution < 1.29 is 0 Å². The molecular weight excluding hydrogens is 427 g/mol. The Hall–Kier alpha value is -1.87. The van der Waals surface area contributed by atoms with Crippen molar-refractivity contribution in [1.29, 1.82) is 0 Å². The number of hydrogen-bond acceptors (Lipinski definition) is 3. The van der Waals surface area contributed by atoms with E-state index in [9.17, 15) is 0 Å². The molecule has 4 heteroatoms. The van der Waals surface area contributed by atoms with Crippen molar-refractivity contribution >= 4 is 59.3 Å². The zero-order chi connectivity index (χ0) is 19.7. The molecular formula is C24H26N2SSe. The van der Waals surface area contributed by atoms with Crippen LogP contribution in [0.25, 0.3) is 0 Å². The molecule has 1 aliphatic carbocycles. The summed E-state index contributed by atoms with van der Waals surface area (Å²) in [7, 11) is 0. The molecule has 3 aromatic rings. The van der Waals surface area contributed by atoms with E-state index in [1.54, 1.807) is 0 Å². The fourth-order valence-corrected chi connectivity index (χ4v) is 6.85. The molecule has 0 saturated carbocycles. The van der Waals surface area contributed by atoms with Gasteiger partial charge < -0.3 is 0 Å². The van der Waals surface area contributed by atoms with Crippen molar-refractivity contribution in [2.75, 3.05) is 10.6 Å². The second-order valence-electron chi connectivity index (χ2n) is 6.94. The van der Waals surface area contributed by atoms with Crippen LogP contribution in [0.5, 0.6) is 0 Å². The standard InChI is InChI=1S/C22H20N2SSe.C2H6/c23-15-8-10-19-21(12-15)26-22-13-16(25)9-11-20(22)24(19)18-7-3-5-14-4-1-2-6-17(14)18;1-2/h3,5,7-13,25H,1-2,4,6,23H2;1-2H3. The minimum absolute atomic E-state index is 0.240. The molecule has 2 N–H and O–H groups in total. The van der Waals surface area contributed by atoms with E-state index >= 15 is 0 Å². The molecule has 0 bridgehead atoms. The van der Waals surface area contributed by atoms with Gasteiger partial charge in [0.25, 0.3) is 0 Å². The SMILES string of the molecule is CC.Nc1ccc2c(c1)[Se]c1cc(S)ccc1N2c1cccc2c1CCCC2. The molecule has 0 saturated heterocycles. The van der Waals surface area contributed by atoms with Gasteiger partial charge in [-0.25, -0.2) is 0 Å². The van der Waals surface area contributed by atoms with Crippen molar-refractivity contribution in [2.24, 2.45) is 0 Å². The molecule has 0 spiro atoms.